The van der Waals surface area contributed by atoms with Gasteiger partial charge < -0.3 is 15.4 Å². The molecule has 0 aliphatic heterocycles. The van der Waals surface area contributed by atoms with Crippen LogP contribution >= 0.6 is 0 Å². The van der Waals surface area contributed by atoms with Crippen molar-refractivity contribution >= 4 is 11.6 Å². The maximum absolute atomic E-state index is 12.8. The van der Waals surface area contributed by atoms with Crippen molar-refractivity contribution in [1.82, 2.24) is 4.98 Å². The number of ether oxygens (including phenoxy) is 1. The summed E-state index contributed by atoms with van der Waals surface area (Å²) in [5.74, 6) is 0.548. The first kappa shape index (κ1) is 16.6. The smallest absolute Gasteiger partial charge is 0.383 e. The summed E-state index contributed by atoms with van der Waals surface area (Å²) in [6.45, 7) is 4.32. The third-order valence-corrected chi connectivity index (χ3v) is 2.89. The first-order valence-electron chi connectivity index (χ1n) is 6.30. The Morgan fingerprint density at radius 1 is 1.25 bits per heavy atom. The number of methoxy groups -OCH3 is 1. The van der Waals surface area contributed by atoms with E-state index in [-0.39, 0.29) is 23.6 Å². The van der Waals surface area contributed by atoms with Gasteiger partial charge in [-0.1, -0.05) is 13.8 Å². The van der Waals surface area contributed by atoms with E-state index in [1.54, 1.807) is 7.11 Å². The van der Waals surface area contributed by atoms with Gasteiger partial charge in [-0.2, -0.15) is 13.2 Å². The van der Waals surface area contributed by atoms with Gasteiger partial charge in [0.25, 0.3) is 0 Å². The van der Waals surface area contributed by atoms with Gasteiger partial charge in [0.2, 0.25) is 0 Å². The van der Waals surface area contributed by atoms with E-state index in [9.17, 15) is 13.2 Å². The molecule has 7 heteroatoms. The molecule has 20 heavy (non-hydrogen) atoms. The fourth-order valence-corrected chi connectivity index (χ4v) is 1.67. The Labute approximate surface area is 116 Å². The van der Waals surface area contributed by atoms with E-state index in [0.29, 0.717) is 6.61 Å². The Balaban J connectivity index is 3.04. The number of nitrogens with zero attached hydrogens (tertiary/aromatic N) is 1. The monoisotopic (exact) mass is 291 g/mol. The highest BCUT2D eigenvalue weighted by Gasteiger charge is 2.32. The molecule has 0 amide bonds. The van der Waals surface area contributed by atoms with Crippen LogP contribution in [0.3, 0.4) is 0 Å². The predicted molar refractivity (Wildman–Crippen MR) is 72.9 cm³/mol. The van der Waals surface area contributed by atoms with Crippen LogP contribution in [0.1, 0.15) is 19.4 Å². The molecule has 1 rings (SSSR count). The van der Waals surface area contributed by atoms with Crippen molar-refractivity contribution in [3.05, 3.63) is 17.7 Å². The number of alkyl halides is 3. The Bertz CT molecular complexity index is 435. The molecule has 0 spiro atoms. The van der Waals surface area contributed by atoms with Crippen molar-refractivity contribution in [2.24, 2.45) is 5.92 Å². The summed E-state index contributed by atoms with van der Waals surface area (Å²) in [5.41, 5.74) is -0.737. The lowest BCUT2D eigenvalue weighted by atomic mass is 10.1. The van der Waals surface area contributed by atoms with Crippen LogP contribution in [0.4, 0.5) is 24.8 Å². The Hall–Kier alpha value is -1.50. The van der Waals surface area contributed by atoms with Crippen LogP contribution in [0.5, 0.6) is 0 Å². The molecular formula is C13H20F3N3O. The maximum Gasteiger partial charge on any atom is 0.416 e. The maximum atomic E-state index is 12.8. The predicted octanol–water partition coefficient (Wildman–Crippen LogP) is 3.23. The summed E-state index contributed by atoms with van der Waals surface area (Å²) in [7, 11) is 3.08. The third-order valence-electron chi connectivity index (χ3n) is 2.89. The lowest BCUT2D eigenvalue weighted by molar-refractivity contribution is -0.137. The van der Waals surface area contributed by atoms with E-state index in [4.69, 9.17) is 4.74 Å². The minimum Gasteiger partial charge on any atom is -0.383 e. The van der Waals surface area contributed by atoms with Gasteiger partial charge in [0.1, 0.15) is 11.6 Å². The second-order valence-corrected chi connectivity index (χ2v) is 4.82. The molecule has 0 radical (unpaired) electrons. The first-order chi connectivity index (χ1) is 9.27. The quantitative estimate of drug-likeness (QED) is 0.844. The molecule has 1 aromatic heterocycles. The minimum atomic E-state index is -4.40. The van der Waals surface area contributed by atoms with Gasteiger partial charge in [-0.15, -0.1) is 0 Å². The van der Waals surface area contributed by atoms with E-state index in [1.807, 2.05) is 13.8 Å². The van der Waals surface area contributed by atoms with Gasteiger partial charge in [0.05, 0.1) is 18.2 Å². The summed E-state index contributed by atoms with van der Waals surface area (Å²) in [6.07, 6.45) is -4.40. The normalized spacial score (nSPS) is 13.4. The lowest BCUT2D eigenvalue weighted by Crippen LogP contribution is -2.31. The summed E-state index contributed by atoms with van der Waals surface area (Å²) < 4.78 is 43.5. The van der Waals surface area contributed by atoms with Crippen molar-refractivity contribution in [1.29, 1.82) is 0 Å². The zero-order chi connectivity index (χ0) is 15.3. The number of rotatable bonds is 6. The van der Waals surface area contributed by atoms with Crippen molar-refractivity contribution < 1.29 is 17.9 Å². The second-order valence-electron chi connectivity index (χ2n) is 4.82. The molecule has 4 nitrogen and oxygen atoms in total. The first-order valence-corrected chi connectivity index (χ1v) is 6.30. The fourth-order valence-electron chi connectivity index (χ4n) is 1.67. The van der Waals surface area contributed by atoms with Crippen molar-refractivity contribution in [2.75, 3.05) is 31.4 Å². The van der Waals surface area contributed by atoms with E-state index in [1.165, 1.54) is 7.05 Å². The lowest BCUT2D eigenvalue weighted by Gasteiger charge is -2.23. The molecule has 1 atom stereocenters. The average molecular weight is 291 g/mol. The Kier molecular flexibility index (Phi) is 5.62. The average Bonchev–Trinajstić information content (AvgIpc) is 2.36. The SMILES string of the molecule is CNc1cc(C(F)(F)F)cc(NC(COC)C(C)C)n1. The van der Waals surface area contributed by atoms with E-state index in [0.717, 1.165) is 12.1 Å². The van der Waals surface area contributed by atoms with Crippen molar-refractivity contribution in [3.8, 4) is 0 Å². The summed E-state index contributed by atoms with van der Waals surface area (Å²) in [5, 5.41) is 5.62. The van der Waals surface area contributed by atoms with E-state index >= 15 is 0 Å². The topological polar surface area (TPSA) is 46.2 Å². The zero-order valence-electron chi connectivity index (χ0n) is 12.0. The number of pyridine rings is 1. The van der Waals surface area contributed by atoms with Crippen LogP contribution in [0.25, 0.3) is 0 Å². The molecule has 1 unspecified atom stereocenters. The Morgan fingerprint density at radius 3 is 2.30 bits per heavy atom. The van der Waals surface area contributed by atoms with Gasteiger partial charge in [-0.05, 0) is 18.1 Å². The summed E-state index contributed by atoms with van der Waals surface area (Å²) in [6, 6.07) is 1.87. The summed E-state index contributed by atoms with van der Waals surface area (Å²) >= 11 is 0. The van der Waals surface area contributed by atoms with Crippen LogP contribution in [-0.2, 0) is 10.9 Å². The zero-order valence-corrected chi connectivity index (χ0v) is 12.0. The molecular weight excluding hydrogens is 271 g/mol. The second kappa shape index (κ2) is 6.78. The van der Waals surface area contributed by atoms with E-state index in [2.05, 4.69) is 15.6 Å². The molecule has 0 saturated heterocycles. The number of anilines is 2. The third kappa shape index (κ3) is 4.56. The molecule has 0 bridgehead atoms. The molecule has 1 heterocycles. The van der Waals surface area contributed by atoms with Gasteiger partial charge >= 0.3 is 6.18 Å². The highest BCUT2D eigenvalue weighted by atomic mass is 19.4. The molecule has 0 aromatic carbocycles. The molecule has 114 valence electrons. The number of hydrogen-bond donors (Lipinski definition) is 2. The standard InChI is InChI=1S/C13H20F3N3O/c1-8(2)10(7-20-4)18-12-6-9(13(14,15)16)5-11(17-3)19-12/h5-6,8,10H,7H2,1-4H3,(H2,17,18,19). The largest absolute Gasteiger partial charge is 0.416 e. The van der Waals surface area contributed by atoms with Crippen LogP contribution in [0.2, 0.25) is 0 Å². The van der Waals surface area contributed by atoms with Gasteiger partial charge in [-0.25, -0.2) is 4.98 Å². The van der Waals surface area contributed by atoms with Crippen molar-refractivity contribution in [2.45, 2.75) is 26.1 Å². The number of nitrogens with one attached hydrogen (secondary N) is 2. The molecule has 2 N–H and O–H groups in total. The molecule has 0 saturated carbocycles. The highest BCUT2D eigenvalue weighted by molar-refractivity contribution is 5.50. The van der Waals surface area contributed by atoms with Crippen LogP contribution in [0, 0.1) is 5.92 Å². The van der Waals surface area contributed by atoms with Gasteiger partial charge in [-0.3, -0.25) is 0 Å². The van der Waals surface area contributed by atoms with E-state index < -0.39 is 11.7 Å². The number of hydrogen-bond acceptors (Lipinski definition) is 4. The summed E-state index contributed by atoms with van der Waals surface area (Å²) in [4.78, 5) is 4.09. The Morgan fingerprint density at radius 2 is 1.85 bits per heavy atom. The molecule has 1 aromatic rings. The highest BCUT2D eigenvalue weighted by Crippen LogP contribution is 2.32. The fraction of sp³-hybridized carbons (Fsp3) is 0.615. The van der Waals surface area contributed by atoms with Gasteiger partial charge in [0.15, 0.2) is 0 Å². The number of halogens is 3. The van der Waals surface area contributed by atoms with Crippen molar-refractivity contribution in [3.63, 3.8) is 0 Å². The number of aromatic nitrogens is 1. The van der Waals surface area contributed by atoms with Crippen LogP contribution in [0.15, 0.2) is 12.1 Å². The van der Waals surface area contributed by atoms with Gasteiger partial charge in [0, 0.05) is 14.2 Å². The molecule has 0 fully saturated rings. The molecule has 0 aliphatic rings. The van der Waals surface area contributed by atoms with Crippen LogP contribution < -0.4 is 10.6 Å². The van der Waals surface area contributed by atoms with Crippen LogP contribution in [-0.4, -0.2) is 31.8 Å². The minimum absolute atomic E-state index is 0.110. The molecule has 0 aliphatic carbocycles.